The molecule has 3 nitrogen and oxygen atoms in total. The maximum Gasteiger partial charge on any atom is 0.379 e. The summed E-state index contributed by atoms with van der Waals surface area (Å²) in [4.78, 5) is 23.1. The number of Topliss-reactive ketones (excluding diaryl/α,β-unsaturated/α-hetero) is 1. The van der Waals surface area contributed by atoms with E-state index in [-0.39, 0.29) is 12.5 Å². The summed E-state index contributed by atoms with van der Waals surface area (Å²) in [5.41, 5.74) is 1.37. The first kappa shape index (κ1) is 13.9. The fourth-order valence-corrected chi connectivity index (χ4v) is 2.15. The van der Waals surface area contributed by atoms with Gasteiger partial charge in [0.1, 0.15) is 0 Å². The van der Waals surface area contributed by atoms with Crippen molar-refractivity contribution in [2.24, 2.45) is 0 Å². The van der Waals surface area contributed by atoms with Gasteiger partial charge in [0.25, 0.3) is 5.78 Å². The van der Waals surface area contributed by atoms with Gasteiger partial charge in [-0.05, 0) is 36.6 Å². The van der Waals surface area contributed by atoms with Crippen LogP contribution in [0.3, 0.4) is 0 Å². The van der Waals surface area contributed by atoms with Gasteiger partial charge in [-0.1, -0.05) is 29.8 Å². The minimum Gasteiger partial charge on any atom is -0.460 e. The standard InChI is InChI=1S/C13H15BrO3/c1-4-17-13(16)12(15)9-5-6-11(14)10(7-9)8(2)3/h5-8H,4H2,1-3H3. The van der Waals surface area contributed by atoms with Crippen LogP contribution < -0.4 is 0 Å². The maximum absolute atomic E-state index is 11.7. The predicted octanol–water partition coefficient (Wildman–Crippen LogP) is 3.32. The summed E-state index contributed by atoms with van der Waals surface area (Å²) in [5, 5.41) is 0. The molecule has 1 aromatic carbocycles. The molecular formula is C13H15BrO3. The number of carbonyl (C=O) groups excluding carboxylic acids is 2. The van der Waals surface area contributed by atoms with Gasteiger partial charge in [-0.25, -0.2) is 4.79 Å². The van der Waals surface area contributed by atoms with Crippen LogP contribution in [0.25, 0.3) is 0 Å². The molecule has 0 aromatic heterocycles. The van der Waals surface area contributed by atoms with E-state index < -0.39 is 11.8 Å². The van der Waals surface area contributed by atoms with Crippen LogP contribution in [0.2, 0.25) is 0 Å². The number of esters is 1. The van der Waals surface area contributed by atoms with E-state index >= 15 is 0 Å². The summed E-state index contributed by atoms with van der Waals surface area (Å²) in [5.74, 6) is -1.12. The Morgan fingerprint density at radius 2 is 2.00 bits per heavy atom. The molecule has 0 unspecified atom stereocenters. The summed E-state index contributed by atoms with van der Waals surface area (Å²) in [6.45, 7) is 5.93. The Balaban J connectivity index is 3.03. The van der Waals surface area contributed by atoms with Crippen molar-refractivity contribution in [3.63, 3.8) is 0 Å². The zero-order chi connectivity index (χ0) is 13.0. The summed E-state index contributed by atoms with van der Waals surface area (Å²) in [6, 6.07) is 5.13. The third-order valence-electron chi connectivity index (χ3n) is 2.34. The van der Waals surface area contributed by atoms with Crippen molar-refractivity contribution in [2.45, 2.75) is 26.7 Å². The average molecular weight is 299 g/mol. The van der Waals surface area contributed by atoms with Crippen molar-refractivity contribution in [1.82, 2.24) is 0 Å². The Labute approximate surface area is 109 Å². The predicted molar refractivity (Wildman–Crippen MR) is 69.2 cm³/mol. The van der Waals surface area contributed by atoms with Crippen molar-refractivity contribution in [2.75, 3.05) is 6.61 Å². The Morgan fingerprint density at radius 3 is 2.53 bits per heavy atom. The molecule has 0 bridgehead atoms. The SMILES string of the molecule is CCOC(=O)C(=O)c1ccc(Br)c(C(C)C)c1. The highest BCUT2D eigenvalue weighted by Crippen LogP contribution is 2.25. The molecule has 1 rings (SSSR count). The Morgan fingerprint density at radius 1 is 1.35 bits per heavy atom. The van der Waals surface area contributed by atoms with Gasteiger partial charge in [-0.2, -0.15) is 0 Å². The molecule has 0 heterocycles. The minimum atomic E-state index is -0.801. The summed E-state index contributed by atoms with van der Waals surface area (Å²) in [7, 11) is 0. The van der Waals surface area contributed by atoms with Gasteiger partial charge in [0, 0.05) is 10.0 Å². The first-order chi connectivity index (χ1) is 7.97. The summed E-state index contributed by atoms with van der Waals surface area (Å²) >= 11 is 3.42. The number of carbonyl (C=O) groups is 2. The second-order valence-corrected chi connectivity index (χ2v) is 4.79. The second kappa shape index (κ2) is 5.96. The van der Waals surface area contributed by atoms with Gasteiger partial charge in [0.15, 0.2) is 0 Å². The molecule has 0 aliphatic rings. The third kappa shape index (κ3) is 3.40. The molecule has 0 N–H and O–H groups in total. The van der Waals surface area contributed by atoms with Crippen LogP contribution in [0.4, 0.5) is 0 Å². The highest BCUT2D eigenvalue weighted by atomic mass is 79.9. The van der Waals surface area contributed by atoms with E-state index in [4.69, 9.17) is 0 Å². The van der Waals surface area contributed by atoms with Gasteiger partial charge >= 0.3 is 5.97 Å². The minimum absolute atomic E-state index is 0.206. The normalized spacial score (nSPS) is 10.4. The van der Waals surface area contributed by atoms with E-state index in [9.17, 15) is 9.59 Å². The van der Waals surface area contributed by atoms with Crippen molar-refractivity contribution in [1.29, 1.82) is 0 Å². The molecule has 0 fully saturated rings. The maximum atomic E-state index is 11.7. The number of ketones is 1. The van der Waals surface area contributed by atoms with Crippen LogP contribution in [0.1, 0.15) is 42.6 Å². The second-order valence-electron chi connectivity index (χ2n) is 3.94. The molecule has 0 amide bonds. The molecule has 17 heavy (non-hydrogen) atoms. The van der Waals surface area contributed by atoms with Crippen molar-refractivity contribution < 1.29 is 14.3 Å². The number of hydrogen-bond acceptors (Lipinski definition) is 3. The van der Waals surface area contributed by atoms with Gasteiger partial charge in [-0.15, -0.1) is 0 Å². The van der Waals surface area contributed by atoms with Crippen molar-refractivity contribution in [3.8, 4) is 0 Å². The topological polar surface area (TPSA) is 43.4 Å². The average Bonchev–Trinajstić information content (AvgIpc) is 2.28. The van der Waals surface area contributed by atoms with Crippen LogP contribution in [-0.2, 0) is 9.53 Å². The third-order valence-corrected chi connectivity index (χ3v) is 3.06. The van der Waals surface area contributed by atoms with E-state index in [2.05, 4.69) is 20.7 Å². The van der Waals surface area contributed by atoms with Crippen LogP contribution in [-0.4, -0.2) is 18.4 Å². The Hall–Kier alpha value is -1.16. The van der Waals surface area contributed by atoms with Crippen molar-refractivity contribution >= 4 is 27.7 Å². The fourth-order valence-electron chi connectivity index (χ4n) is 1.44. The quantitative estimate of drug-likeness (QED) is 0.486. The Kier molecular flexibility index (Phi) is 4.87. The number of benzene rings is 1. The fraction of sp³-hybridized carbons (Fsp3) is 0.385. The van der Waals surface area contributed by atoms with Crippen molar-refractivity contribution in [3.05, 3.63) is 33.8 Å². The van der Waals surface area contributed by atoms with Crippen LogP contribution in [0.15, 0.2) is 22.7 Å². The van der Waals surface area contributed by atoms with Gasteiger partial charge in [-0.3, -0.25) is 4.79 Å². The molecule has 4 heteroatoms. The number of ether oxygens (including phenoxy) is 1. The molecule has 0 aliphatic carbocycles. The Bertz CT molecular complexity index is 438. The summed E-state index contributed by atoms with van der Waals surface area (Å²) in [6.07, 6.45) is 0. The summed E-state index contributed by atoms with van der Waals surface area (Å²) < 4.78 is 5.63. The molecule has 92 valence electrons. The van der Waals surface area contributed by atoms with Gasteiger partial charge in [0.05, 0.1) is 6.61 Å². The van der Waals surface area contributed by atoms with Crippen LogP contribution in [0.5, 0.6) is 0 Å². The van der Waals surface area contributed by atoms with E-state index in [0.717, 1.165) is 10.0 Å². The molecule has 0 aliphatic heterocycles. The van der Waals surface area contributed by atoms with Crippen LogP contribution in [0, 0.1) is 0 Å². The first-order valence-corrected chi connectivity index (χ1v) is 6.27. The molecule has 0 saturated heterocycles. The molecule has 0 spiro atoms. The highest BCUT2D eigenvalue weighted by Gasteiger charge is 2.18. The zero-order valence-electron chi connectivity index (χ0n) is 10.1. The molecule has 0 saturated carbocycles. The first-order valence-electron chi connectivity index (χ1n) is 5.48. The molecule has 0 radical (unpaired) electrons. The lowest BCUT2D eigenvalue weighted by Gasteiger charge is -2.10. The lowest BCUT2D eigenvalue weighted by atomic mass is 9.99. The zero-order valence-corrected chi connectivity index (χ0v) is 11.7. The lowest BCUT2D eigenvalue weighted by molar-refractivity contribution is -0.137. The number of halogens is 1. The van der Waals surface area contributed by atoms with E-state index in [1.165, 1.54) is 0 Å². The number of rotatable bonds is 4. The van der Waals surface area contributed by atoms with E-state index in [1.807, 2.05) is 13.8 Å². The van der Waals surface area contributed by atoms with Gasteiger partial charge in [0.2, 0.25) is 0 Å². The van der Waals surface area contributed by atoms with E-state index in [1.54, 1.807) is 25.1 Å². The van der Waals surface area contributed by atoms with Crippen LogP contribution >= 0.6 is 15.9 Å². The smallest absolute Gasteiger partial charge is 0.379 e. The van der Waals surface area contributed by atoms with Gasteiger partial charge < -0.3 is 4.74 Å². The molecule has 0 atom stereocenters. The largest absolute Gasteiger partial charge is 0.460 e. The lowest BCUT2D eigenvalue weighted by Crippen LogP contribution is -2.17. The highest BCUT2D eigenvalue weighted by molar-refractivity contribution is 9.10. The van der Waals surface area contributed by atoms with E-state index in [0.29, 0.717) is 5.56 Å². The molecule has 1 aromatic rings. The number of hydrogen-bond donors (Lipinski definition) is 0. The monoisotopic (exact) mass is 298 g/mol. The molecular weight excluding hydrogens is 284 g/mol.